The van der Waals surface area contributed by atoms with E-state index in [0.29, 0.717) is 28.7 Å². The maximum atomic E-state index is 13.9. The lowest BCUT2D eigenvalue weighted by molar-refractivity contribution is 0.0686. The van der Waals surface area contributed by atoms with Gasteiger partial charge >= 0.3 is 0 Å². The van der Waals surface area contributed by atoms with Crippen LogP contribution in [0.4, 0.5) is 8.78 Å². The van der Waals surface area contributed by atoms with Crippen molar-refractivity contribution in [2.75, 3.05) is 0 Å². The van der Waals surface area contributed by atoms with Crippen LogP contribution in [0, 0.1) is 18.6 Å². The molecule has 0 bridgehead atoms. The van der Waals surface area contributed by atoms with Crippen molar-refractivity contribution in [2.24, 2.45) is 5.73 Å². The van der Waals surface area contributed by atoms with Crippen LogP contribution in [0.5, 0.6) is 5.75 Å². The molecule has 11 heteroatoms. The van der Waals surface area contributed by atoms with Gasteiger partial charge in [0.25, 0.3) is 5.56 Å². The van der Waals surface area contributed by atoms with E-state index in [1.54, 1.807) is 39.8 Å². The van der Waals surface area contributed by atoms with Gasteiger partial charge < -0.3 is 15.6 Å². The average molecular weight is 530 g/mol. The van der Waals surface area contributed by atoms with Crippen molar-refractivity contribution in [3.63, 3.8) is 0 Å². The standard InChI is InChI=1S/C26H26ClF2N5O3/c1-6-14(2)21(11-18(30)19-7-8-31-25(33-19)26(4,5)36)34-15(3)9-22(23(27)24(34)35)37-13-20-17(29)10-16(28)12-32-20/h6-12,36H,1,13,30H2,2-5H3/b18-11-,21-14+. The van der Waals surface area contributed by atoms with Crippen LogP contribution < -0.4 is 16.0 Å². The Kier molecular flexibility index (Phi) is 8.25. The second-order valence-corrected chi connectivity index (χ2v) is 9.05. The Morgan fingerprint density at radius 2 is 2.03 bits per heavy atom. The summed E-state index contributed by atoms with van der Waals surface area (Å²) in [5, 5.41) is 9.97. The van der Waals surface area contributed by atoms with Crippen molar-refractivity contribution in [1.82, 2.24) is 19.5 Å². The van der Waals surface area contributed by atoms with Crippen LogP contribution in [0.1, 0.15) is 43.7 Å². The summed E-state index contributed by atoms with van der Waals surface area (Å²) in [5.41, 5.74) is 6.22. The first-order chi connectivity index (χ1) is 17.3. The molecule has 3 aromatic heterocycles. The largest absolute Gasteiger partial charge is 0.485 e. The Morgan fingerprint density at radius 1 is 1.32 bits per heavy atom. The molecule has 37 heavy (non-hydrogen) atoms. The summed E-state index contributed by atoms with van der Waals surface area (Å²) in [6.45, 7) is 9.90. The van der Waals surface area contributed by atoms with E-state index < -0.39 is 22.8 Å². The van der Waals surface area contributed by atoms with Gasteiger partial charge in [0.2, 0.25) is 0 Å². The number of aryl methyl sites for hydroxylation is 1. The number of halogens is 3. The van der Waals surface area contributed by atoms with Crippen molar-refractivity contribution in [3.8, 4) is 5.75 Å². The van der Waals surface area contributed by atoms with Gasteiger partial charge in [-0.2, -0.15) is 0 Å². The fraction of sp³-hybridized carbons (Fsp3) is 0.231. The lowest BCUT2D eigenvalue weighted by Gasteiger charge is -2.18. The summed E-state index contributed by atoms with van der Waals surface area (Å²) in [7, 11) is 0. The highest BCUT2D eigenvalue weighted by Gasteiger charge is 2.21. The van der Waals surface area contributed by atoms with Gasteiger partial charge in [0.05, 0.1) is 23.3 Å². The van der Waals surface area contributed by atoms with Gasteiger partial charge in [0.15, 0.2) is 11.6 Å². The van der Waals surface area contributed by atoms with E-state index in [0.717, 1.165) is 6.20 Å². The van der Waals surface area contributed by atoms with Gasteiger partial charge in [0.1, 0.15) is 34.5 Å². The predicted molar refractivity (Wildman–Crippen MR) is 137 cm³/mol. The minimum Gasteiger partial charge on any atom is -0.485 e. The molecule has 3 heterocycles. The molecule has 8 nitrogen and oxygen atoms in total. The molecule has 3 N–H and O–H groups in total. The Hall–Kier alpha value is -3.89. The molecule has 0 atom stereocenters. The summed E-state index contributed by atoms with van der Waals surface area (Å²) in [6.07, 6.45) is 5.42. The summed E-state index contributed by atoms with van der Waals surface area (Å²) in [5.74, 6) is -1.52. The number of pyridine rings is 2. The van der Waals surface area contributed by atoms with E-state index in [-0.39, 0.29) is 34.6 Å². The van der Waals surface area contributed by atoms with Crippen molar-refractivity contribution in [2.45, 2.75) is 39.9 Å². The highest BCUT2D eigenvalue weighted by molar-refractivity contribution is 6.31. The van der Waals surface area contributed by atoms with Gasteiger partial charge in [-0.15, -0.1) is 0 Å². The summed E-state index contributed by atoms with van der Waals surface area (Å²) < 4.78 is 33.9. The van der Waals surface area contributed by atoms with Crippen LogP contribution in [0.3, 0.4) is 0 Å². The molecule has 0 aliphatic carbocycles. The molecular weight excluding hydrogens is 504 g/mol. The number of allylic oxidation sites excluding steroid dienone is 4. The molecular formula is C26H26ClF2N5O3. The first-order valence-corrected chi connectivity index (χ1v) is 11.4. The summed E-state index contributed by atoms with van der Waals surface area (Å²) in [4.78, 5) is 25.4. The molecule has 3 rings (SSSR count). The minimum atomic E-state index is -1.28. The number of hydrogen-bond donors (Lipinski definition) is 2. The molecule has 0 aromatic carbocycles. The van der Waals surface area contributed by atoms with E-state index >= 15 is 0 Å². The molecule has 0 saturated heterocycles. The maximum absolute atomic E-state index is 13.9. The van der Waals surface area contributed by atoms with Crippen LogP contribution in [0.2, 0.25) is 5.02 Å². The minimum absolute atomic E-state index is 0.00381. The van der Waals surface area contributed by atoms with E-state index in [4.69, 9.17) is 22.1 Å². The number of ether oxygens (including phenoxy) is 1. The SMILES string of the molecule is C=C/C(C)=C(\C=C(/N)c1ccnc(C(C)(C)O)n1)n1c(C)cc(OCc2ncc(F)cc2F)c(Cl)c1=O. The van der Waals surface area contributed by atoms with Gasteiger partial charge in [-0.1, -0.05) is 24.3 Å². The lowest BCUT2D eigenvalue weighted by atomic mass is 10.1. The third-order valence-corrected chi connectivity index (χ3v) is 5.64. The molecule has 0 spiro atoms. The summed E-state index contributed by atoms with van der Waals surface area (Å²) >= 11 is 6.34. The zero-order chi connectivity index (χ0) is 27.5. The van der Waals surface area contributed by atoms with Crippen LogP contribution in [0.15, 0.2) is 59.7 Å². The predicted octanol–water partition coefficient (Wildman–Crippen LogP) is 4.50. The monoisotopic (exact) mass is 529 g/mol. The van der Waals surface area contributed by atoms with E-state index in [1.807, 2.05) is 0 Å². The zero-order valence-electron chi connectivity index (χ0n) is 20.7. The number of aromatic nitrogens is 4. The van der Waals surface area contributed by atoms with E-state index in [9.17, 15) is 18.7 Å². The number of hydrogen-bond acceptors (Lipinski definition) is 7. The fourth-order valence-electron chi connectivity index (χ4n) is 3.28. The van der Waals surface area contributed by atoms with Gasteiger partial charge in [-0.25, -0.2) is 18.7 Å². The molecule has 0 aliphatic heterocycles. The molecule has 194 valence electrons. The lowest BCUT2D eigenvalue weighted by Crippen LogP contribution is -2.23. The first kappa shape index (κ1) is 27.7. The molecule has 0 radical (unpaired) electrons. The fourth-order valence-corrected chi connectivity index (χ4v) is 3.47. The highest BCUT2D eigenvalue weighted by atomic mass is 35.5. The Morgan fingerprint density at radius 3 is 2.65 bits per heavy atom. The molecule has 0 amide bonds. The molecule has 0 saturated carbocycles. The van der Waals surface area contributed by atoms with Crippen molar-refractivity contribution in [3.05, 3.63) is 105 Å². The van der Waals surface area contributed by atoms with Gasteiger partial charge in [-0.05, 0) is 45.4 Å². The third-order valence-electron chi connectivity index (χ3n) is 5.29. The van der Waals surface area contributed by atoms with Crippen LogP contribution in [-0.4, -0.2) is 24.6 Å². The topological polar surface area (TPSA) is 116 Å². The normalized spacial score (nSPS) is 12.8. The summed E-state index contributed by atoms with van der Waals surface area (Å²) in [6, 6.07) is 3.76. The second-order valence-electron chi connectivity index (χ2n) is 8.67. The number of nitrogens with zero attached hydrogens (tertiary/aromatic N) is 4. The van der Waals surface area contributed by atoms with Gasteiger partial charge in [0, 0.05) is 24.0 Å². The zero-order valence-corrected chi connectivity index (χ0v) is 21.5. The van der Waals surface area contributed by atoms with E-state index in [1.165, 1.54) is 22.9 Å². The highest BCUT2D eigenvalue weighted by Crippen LogP contribution is 2.27. The molecule has 0 unspecified atom stereocenters. The number of aliphatic hydroxyl groups is 1. The van der Waals surface area contributed by atoms with E-state index in [2.05, 4.69) is 21.5 Å². The number of nitrogens with two attached hydrogens (primary N) is 1. The van der Waals surface area contributed by atoms with Gasteiger partial charge in [-0.3, -0.25) is 14.3 Å². The van der Waals surface area contributed by atoms with Crippen LogP contribution in [0.25, 0.3) is 11.4 Å². The Labute approximate surface area is 217 Å². The van der Waals surface area contributed by atoms with Crippen molar-refractivity contribution < 1.29 is 18.6 Å². The van der Waals surface area contributed by atoms with Crippen molar-refractivity contribution >= 4 is 23.0 Å². The smallest absolute Gasteiger partial charge is 0.277 e. The molecule has 0 fully saturated rings. The Bertz CT molecular complexity index is 1480. The average Bonchev–Trinajstić information content (AvgIpc) is 2.84. The molecule has 3 aromatic rings. The maximum Gasteiger partial charge on any atom is 0.277 e. The van der Waals surface area contributed by atoms with Crippen molar-refractivity contribution in [1.29, 1.82) is 0 Å². The second kappa shape index (κ2) is 11.0. The third kappa shape index (κ3) is 6.28. The van der Waals surface area contributed by atoms with Crippen LogP contribution >= 0.6 is 11.6 Å². The van der Waals surface area contributed by atoms with Crippen LogP contribution in [-0.2, 0) is 12.2 Å². The first-order valence-electron chi connectivity index (χ1n) is 11.1. The number of rotatable bonds is 8. The Balaban J connectivity index is 2.04. The quantitative estimate of drug-likeness (QED) is 0.413. The molecule has 0 aliphatic rings.